The maximum absolute atomic E-state index is 11.0. The molecule has 136 valence electrons. The molecule has 0 saturated carbocycles. The molecule has 0 aromatic heterocycles. The Morgan fingerprint density at radius 3 is 2.24 bits per heavy atom. The van der Waals surface area contributed by atoms with Crippen LogP contribution in [0.25, 0.3) is 0 Å². The molecular weight excluding hydrogens is 340 g/mol. The van der Waals surface area contributed by atoms with Crippen molar-refractivity contribution < 1.29 is 22.8 Å². The van der Waals surface area contributed by atoms with Gasteiger partial charge in [0, 0.05) is 6.07 Å². The SMILES string of the molecule is CCCCCCCc1cc(O)cc(Oc2ccc(S(=O)(=O)O)cc2)c1. The van der Waals surface area contributed by atoms with Gasteiger partial charge in [-0.3, -0.25) is 4.55 Å². The Morgan fingerprint density at radius 1 is 0.920 bits per heavy atom. The quantitative estimate of drug-likeness (QED) is 0.486. The van der Waals surface area contributed by atoms with Gasteiger partial charge in [-0.05, 0) is 54.8 Å². The van der Waals surface area contributed by atoms with Crippen LogP contribution in [0.15, 0.2) is 47.4 Å². The second-order valence-electron chi connectivity index (χ2n) is 6.05. The van der Waals surface area contributed by atoms with Gasteiger partial charge < -0.3 is 9.84 Å². The summed E-state index contributed by atoms with van der Waals surface area (Å²) in [6, 6.07) is 10.6. The van der Waals surface area contributed by atoms with Gasteiger partial charge in [0.15, 0.2) is 0 Å². The summed E-state index contributed by atoms with van der Waals surface area (Å²) >= 11 is 0. The second-order valence-corrected chi connectivity index (χ2v) is 7.47. The zero-order valence-electron chi connectivity index (χ0n) is 14.3. The summed E-state index contributed by atoms with van der Waals surface area (Å²) < 4.78 is 36.7. The first kappa shape index (κ1) is 19.3. The normalized spacial score (nSPS) is 11.4. The van der Waals surface area contributed by atoms with Crippen LogP contribution in [-0.4, -0.2) is 18.1 Å². The molecule has 0 aliphatic heterocycles. The molecule has 0 atom stereocenters. The zero-order chi connectivity index (χ0) is 18.3. The second kappa shape index (κ2) is 8.87. The van der Waals surface area contributed by atoms with Gasteiger partial charge in [0.2, 0.25) is 0 Å². The summed E-state index contributed by atoms with van der Waals surface area (Å²) in [7, 11) is -4.22. The molecule has 0 bridgehead atoms. The van der Waals surface area contributed by atoms with Crippen LogP contribution in [0.5, 0.6) is 17.2 Å². The molecular formula is C19H24O5S. The molecule has 25 heavy (non-hydrogen) atoms. The van der Waals surface area contributed by atoms with Crippen LogP contribution in [0.2, 0.25) is 0 Å². The van der Waals surface area contributed by atoms with Crippen LogP contribution in [0.4, 0.5) is 0 Å². The van der Waals surface area contributed by atoms with Crippen molar-refractivity contribution in [2.45, 2.75) is 50.3 Å². The van der Waals surface area contributed by atoms with Gasteiger partial charge >= 0.3 is 0 Å². The topological polar surface area (TPSA) is 83.8 Å². The lowest BCUT2D eigenvalue weighted by Crippen LogP contribution is -1.97. The monoisotopic (exact) mass is 364 g/mol. The molecule has 0 amide bonds. The number of hydrogen-bond donors (Lipinski definition) is 2. The largest absolute Gasteiger partial charge is 0.508 e. The van der Waals surface area contributed by atoms with Crippen molar-refractivity contribution >= 4 is 10.1 Å². The highest BCUT2D eigenvalue weighted by molar-refractivity contribution is 7.85. The number of phenolic OH excluding ortho intramolecular Hbond substituents is 1. The Labute approximate surface area is 149 Å². The zero-order valence-corrected chi connectivity index (χ0v) is 15.1. The number of aromatic hydroxyl groups is 1. The van der Waals surface area contributed by atoms with E-state index in [4.69, 9.17) is 9.29 Å². The van der Waals surface area contributed by atoms with Crippen molar-refractivity contribution in [3.8, 4) is 17.2 Å². The van der Waals surface area contributed by atoms with Crippen molar-refractivity contribution in [3.05, 3.63) is 48.0 Å². The molecule has 2 rings (SSSR count). The van der Waals surface area contributed by atoms with E-state index >= 15 is 0 Å². The van der Waals surface area contributed by atoms with E-state index in [1.807, 2.05) is 6.07 Å². The molecule has 2 N–H and O–H groups in total. The average Bonchev–Trinajstić information content (AvgIpc) is 2.54. The highest BCUT2D eigenvalue weighted by atomic mass is 32.2. The van der Waals surface area contributed by atoms with Crippen LogP contribution in [0.3, 0.4) is 0 Å². The van der Waals surface area contributed by atoms with Gasteiger partial charge in [0.25, 0.3) is 10.1 Å². The maximum Gasteiger partial charge on any atom is 0.294 e. The number of ether oxygens (including phenoxy) is 1. The maximum atomic E-state index is 11.0. The molecule has 0 radical (unpaired) electrons. The molecule has 0 heterocycles. The van der Waals surface area contributed by atoms with Crippen molar-refractivity contribution in [2.24, 2.45) is 0 Å². The molecule has 0 unspecified atom stereocenters. The summed E-state index contributed by atoms with van der Waals surface area (Å²) in [6.07, 6.45) is 6.77. The van der Waals surface area contributed by atoms with E-state index in [1.54, 1.807) is 6.07 Å². The third-order valence-corrected chi connectivity index (χ3v) is 4.75. The summed E-state index contributed by atoms with van der Waals surface area (Å²) in [6.45, 7) is 2.18. The van der Waals surface area contributed by atoms with Gasteiger partial charge in [-0.15, -0.1) is 0 Å². The molecule has 0 aliphatic rings. The Hall–Kier alpha value is -2.05. The highest BCUT2D eigenvalue weighted by Crippen LogP contribution is 2.28. The van der Waals surface area contributed by atoms with E-state index in [9.17, 15) is 13.5 Å². The van der Waals surface area contributed by atoms with Crippen LogP contribution >= 0.6 is 0 Å². The Bertz CT molecular complexity index is 782. The van der Waals surface area contributed by atoms with Crippen molar-refractivity contribution in [1.82, 2.24) is 0 Å². The molecule has 5 nitrogen and oxygen atoms in total. The minimum Gasteiger partial charge on any atom is -0.508 e. The van der Waals surface area contributed by atoms with Crippen molar-refractivity contribution in [2.75, 3.05) is 0 Å². The van der Waals surface area contributed by atoms with E-state index in [0.717, 1.165) is 24.8 Å². The van der Waals surface area contributed by atoms with E-state index in [-0.39, 0.29) is 10.6 Å². The lowest BCUT2D eigenvalue weighted by atomic mass is 10.0. The number of hydrogen-bond acceptors (Lipinski definition) is 4. The van der Waals surface area contributed by atoms with Crippen LogP contribution in [0.1, 0.15) is 44.6 Å². The number of aryl methyl sites for hydroxylation is 1. The lowest BCUT2D eigenvalue weighted by molar-refractivity contribution is 0.453. The highest BCUT2D eigenvalue weighted by Gasteiger charge is 2.09. The van der Waals surface area contributed by atoms with Gasteiger partial charge in [-0.2, -0.15) is 8.42 Å². The van der Waals surface area contributed by atoms with Crippen LogP contribution in [-0.2, 0) is 16.5 Å². The fourth-order valence-corrected chi connectivity index (χ4v) is 3.08. The summed E-state index contributed by atoms with van der Waals surface area (Å²) in [4.78, 5) is -0.191. The minimum absolute atomic E-state index is 0.135. The first-order valence-corrected chi connectivity index (χ1v) is 9.91. The van der Waals surface area contributed by atoms with Crippen LogP contribution in [0, 0.1) is 0 Å². The van der Waals surface area contributed by atoms with E-state index in [2.05, 4.69) is 6.92 Å². The Morgan fingerprint density at radius 2 is 1.60 bits per heavy atom. The van der Waals surface area contributed by atoms with Crippen LogP contribution < -0.4 is 4.74 Å². The van der Waals surface area contributed by atoms with E-state index in [0.29, 0.717) is 11.5 Å². The van der Waals surface area contributed by atoms with Crippen molar-refractivity contribution in [1.29, 1.82) is 0 Å². The molecule has 0 aliphatic carbocycles. The number of unbranched alkanes of at least 4 members (excludes halogenated alkanes) is 4. The van der Waals surface area contributed by atoms with E-state index in [1.165, 1.54) is 49.6 Å². The fourth-order valence-electron chi connectivity index (χ4n) is 2.60. The predicted octanol–water partition coefficient (Wildman–Crippen LogP) is 4.94. The Kier molecular flexibility index (Phi) is 6.84. The molecule has 0 fully saturated rings. The first-order valence-electron chi connectivity index (χ1n) is 8.47. The number of benzene rings is 2. The third kappa shape index (κ3) is 6.40. The number of rotatable bonds is 9. The average molecular weight is 364 g/mol. The Balaban J connectivity index is 2.02. The van der Waals surface area contributed by atoms with Gasteiger partial charge in [0.05, 0.1) is 4.90 Å². The minimum atomic E-state index is -4.22. The van der Waals surface area contributed by atoms with E-state index < -0.39 is 10.1 Å². The molecule has 6 heteroatoms. The summed E-state index contributed by atoms with van der Waals surface area (Å²) in [5.74, 6) is 1.05. The standard InChI is InChI=1S/C19H24O5S/c1-2-3-4-5-6-7-15-12-16(20)14-18(13-15)24-17-8-10-19(11-9-17)25(21,22)23/h8-14,20H,2-7H2,1H3,(H,21,22,23). The predicted molar refractivity (Wildman–Crippen MR) is 96.9 cm³/mol. The fraction of sp³-hybridized carbons (Fsp3) is 0.368. The smallest absolute Gasteiger partial charge is 0.294 e. The number of phenols is 1. The molecule has 2 aromatic carbocycles. The lowest BCUT2D eigenvalue weighted by Gasteiger charge is -2.09. The molecule has 0 saturated heterocycles. The van der Waals surface area contributed by atoms with Crippen molar-refractivity contribution in [3.63, 3.8) is 0 Å². The van der Waals surface area contributed by atoms with Gasteiger partial charge in [0.1, 0.15) is 17.2 Å². The molecule has 0 spiro atoms. The first-order chi connectivity index (χ1) is 11.9. The van der Waals surface area contributed by atoms with Gasteiger partial charge in [-0.1, -0.05) is 32.6 Å². The molecule has 2 aromatic rings. The summed E-state index contributed by atoms with van der Waals surface area (Å²) in [5.41, 5.74) is 1.00. The summed E-state index contributed by atoms with van der Waals surface area (Å²) in [5, 5.41) is 9.87. The van der Waals surface area contributed by atoms with Gasteiger partial charge in [-0.25, -0.2) is 0 Å². The third-order valence-electron chi connectivity index (χ3n) is 3.88.